The summed E-state index contributed by atoms with van der Waals surface area (Å²) < 4.78 is 38.2. The summed E-state index contributed by atoms with van der Waals surface area (Å²) in [6, 6.07) is 7.42. The van der Waals surface area contributed by atoms with Crippen LogP contribution in [0.25, 0.3) is 0 Å². The van der Waals surface area contributed by atoms with Crippen LogP contribution in [0.1, 0.15) is 15.9 Å². The fraction of sp³-hybridized carbons (Fsp3) is 0.154. The van der Waals surface area contributed by atoms with Gasteiger partial charge in [-0.1, -0.05) is 12.1 Å². The Bertz CT molecular complexity index is 585. The van der Waals surface area contributed by atoms with Crippen molar-refractivity contribution in [2.45, 2.75) is 12.7 Å². The molecule has 0 aliphatic heterocycles. The Labute approximate surface area is 106 Å². The first-order valence-corrected chi connectivity index (χ1v) is 5.41. The summed E-state index contributed by atoms with van der Waals surface area (Å²) in [4.78, 5) is 11.0. The van der Waals surface area contributed by atoms with Crippen LogP contribution in [0.2, 0.25) is 0 Å². The lowest BCUT2D eigenvalue weighted by Gasteiger charge is -2.04. The van der Waals surface area contributed by atoms with E-state index in [1.54, 1.807) is 12.1 Å². The lowest BCUT2D eigenvalue weighted by atomic mass is 10.2. The van der Waals surface area contributed by atoms with E-state index >= 15 is 0 Å². The summed E-state index contributed by atoms with van der Waals surface area (Å²) in [5.74, 6) is -1.74. The van der Waals surface area contributed by atoms with Gasteiger partial charge in [0, 0.05) is 24.5 Å². The number of halogens is 3. The molecule has 3 nitrogen and oxygen atoms in total. The zero-order valence-electron chi connectivity index (χ0n) is 9.69. The molecule has 2 rings (SSSR count). The monoisotopic (exact) mass is 269 g/mol. The molecule has 0 aliphatic rings. The standard InChI is InChI=1S/C13H10F3NO2/c14-13(15,16)12(19)10-5-6-17(8-10)7-9-1-3-11(18)4-2-9/h1-6,8,18H,7H2. The molecule has 0 unspecified atom stereocenters. The minimum atomic E-state index is -4.86. The van der Waals surface area contributed by atoms with Crippen molar-refractivity contribution in [2.75, 3.05) is 0 Å². The topological polar surface area (TPSA) is 42.2 Å². The molecule has 1 aromatic carbocycles. The van der Waals surface area contributed by atoms with Gasteiger partial charge in [-0.2, -0.15) is 13.2 Å². The Balaban J connectivity index is 2.14. The largest absolute Gasteiger partial charge is 0.508 e. The molecule has 1 N–H and O–H groups in total. The number of aromatic hydroxyl groups is 1. The molecule has 0 bridgehead atoms. The molecule has 19 heavy (non-hydrogen) atoms. The molecule has 1 heterocycles. The Morgan fingerprint density at radius 2 is 1.79 bits per heavy atom. The third kappa shape index (κ3) is 3.15. The van der Waals surface area contributed by atoms with Gasteiger partial charge in [0.05, 0.1) is 0 Å². The molecule has 6 heteroatoms. The number of nitrogens with zero attached hydrogens (tertiary/aromatic N) is 1. The molecule has 0 spiro atoms. The van der Waals surface area contributed by atoms with Crippen LogP contribution in [0.15, 0.2) is 42.7 Å². The lowest BCUT2D eigenvalue weighted by molar-refractivity contribution is -0.0885. The highest BCUT2D eigenvalue weighted by atomic mass is 19.4. The number of ketones is 1. The molecule has 0 atom stereocenters. The summed E-state index contributed by atoms with van der Waals surface area (Å²) in [6.07, 6.45) is -2.29. The van der Waals surface area contributed by atoms with Crippen molar-refractivity contribution >= 4 is 5.78 Å². The van der Waals surface area contributed by atoms with Crippen LogP contribution >= 0.6 is 0 Å². The van der Waals surface area contributed by atoms with E-state index < -0.39 is 12.0 Å². The Morgan fingerprint density at radius 3 is 2.37 bits per heavy atom. The van der Waals surface area contributed by atoms with Crippen LogP contribution in [0.5, 0.6) is 5.75 Å². The molecule has 0 saturated carbocycles. The van der Waals surface area contributed by atoms with Crippen LogP contribution in [0.4, 0.5) is 13.2 Å². The number of rotatable bonds is 3. The van der Waals surface area contributed by atoms with Gasteiger partial charge >= 0.3 is 6.18 Å². The van der Waals surface area contributed by atoms with E-state index in [4.69, 9.17) is 5.11 Å². The number of carbonyl (C=O) groups excluding carboxylic acids is 1. The van der Waals surface area contributed by atoms with Gasteiger partial charge in [0.1, 0.15) is 5.75 Å². The maximum absolute atomic E-state index is 12.2. The molecule has 0 fully saturated rings. The van der Waals surface area contributed by atoms with Gasteiger partial charge in [-0.25, -0.2) is 0 Å². The summed E-state index contributed by atoms with van der Waals surface area (Å²) in [6.45, 7) is 0.325. The maximum Gasteiger partial charge on any atom is 0.454 e. The van der Waals surface area contributed by atoms with Crippen LogP contribution in [-0.4, -0.2) is 21.6 Å². The van der Waals surface area contributed by atoms with E-state index in [1.807, 2.05) is 0 Å². The van der Waals surface area contributed by atoms with E-state index in [0.717, 1.165) is 17.8 Å². The molecule has 0 saturated heterocycles. The number of phenolic OH excluding ortho intramolecular Hbond substituents is 1. The van der Waals surface area contributed by atoms with Crippen LogP contribution in [0.3, 0.4) is 0 Å². The van der Waals surface area contributed by atoms with E-state index in [0.29, 0.717) is 6.54 Å². The van der Waals surface area contributed by atoms with Gasteiger partial charge in [-0.15, -0.1) is 0 Å². The number of Topliss-reactive ketones (excluding diaryl/α,β-unsaturated/α-hetero) is 1. The van der Waals surface area contributed by atoms with Gasteiger partial charge in [0.25, 0.3) is 5.78 Å². The van der Waals surface area contributed by atoms with Crippen molar-refractivity contribution < 1.29 is 23.1 Å². The van der Waals surface area contributed by atoms with Crippen LogP contribution in [0, 0.1) is 0 Å². The molecule has 100 valence electrons. The Kier molecular flexibility index (Phi) is 3.33. The molecule has 0 radical (unpaired) electrons. The van der Waals surface area contributed by atoms with Gasteiger partial charge in [0.15, 0.2) is 0 Å². The van der Waals surface area contributed by atoms with Crippen molar-refractivity contribution in [3.63, 3.8) is 0 Å². The van der Waals surface area contributed by atoms with Gasteiger partial charge < -0.3 is 9.67 Å². The van der Waals surface area contributed by atoms with Crippen molar-refractivity contribution in [1.29, 1.82) is 0 Å². The minimum absolute atomic E-state index is 0.115. The minimum Gasteiger partial charge on any atom is -0.508 e. The summed E-state index contributed by atoms with van der Waals surface area (Å²) in [5, 5.41) is 9.11. The number of carbonyl (C=O) groups is 1. The molecule has 0 aliphatic carbocycles. The maximum atomic E-state index is 12.2. The quantitative estimate of drug-likeness (QED) is 0.870. The molecular formula is C13H10F3NO2. The molecular weight excluding hydrogens is 259 g/mol. The number of aromatic nitrogens is 1. The second-order valence-electron chi connectivity index (χ2n) is 4.07. The van der Waals surface area contributed by atoms with E-state index in [2.05, 4.69) is 0 Å². The average Bonchev–Trinajstić information content (AvgIpc) is 2.78. The first-order valence-electron chi connectivity index (χ1n) is 5.41. The van der Waals surface area contributed by atoms with Crippen molar-refractivity contribution in [3.8, 4) is 5.75 Å². The lowest BCUT2D eigenvalue weighted by Crippen LogP contribution is -2.22. The predicted octanol–water partition coefficient (Wildman–Crippen LogP) is 2.99. The van der Waals surface area contributed by atoms with Gasteiger partial charge in [0.2, 0.25) is 0 Å². The van der Waals surface area contributed by atoms with Crippen molar-refractivity contribution in [2.24, 2.45) is 0 Å². The summed E-state index contributed by atoms with van der Waals surface area (Å²) in [5.41, 5.74) is 0.422. The first kappa shape index (κ1) is 13.2. The van der Waals surface area contributed by atoms with Crippen LogP contribution in [-0.2, 0) is 6.54 Å². The van der Waals surface area contributed by atoms with E-state index in [1.165, 1.54) is 22.9 Å². The van der Waals surface area contributed by atoms with Gasteiger partial charge in [-0.3, -0.25) is 4.79 Å². The second-order valence-corrected chi connectivity index (χ2v) is 4.07. The highest BCUT2D eigenvalue weighted by Gasteiger charge is 2.39. The Morgan fingerprint density at radius 1 is 1.16 bits per heavy atom. The SMILES string of the molecule is O=C(c1ccn(Cc2ccc(O)cc2)c1)C(F)(F)F. The molecule has 0 amide bonds. The van der Waals surface area contributed by atoms with Crippen molar-refractivity contribution in [3.05, 3.63) is 53.9 Å². The average molecular weight is 269 g/mol. The van der Waals surface area contributed by atoms with E-state index in [-0.39, 0.29) is 11.3 Å². The normalized spacial score (nSPS) is 11.5. The summed E-state index contributed by atoms with van der Waals surface area (Å²) in [7, 11) is 0. The van der Waals surface area contributed by atoms with Crippen molar-refractivity contribution in [1.82, 2.24) is 4.57 Å². The van der Waals surface area contributed by atoms with Crippen LogP contribution < -0.4 is 0 Å². The zero-order chi connectivity index (χ0) is 14.0. The fourth-order valence-electron chi connectivity index (χ4n) is 1.65. The highest BCUT2D eigenvalue weighted by molar-refractivity contribution is 6.00. The number of hydrogen-bond acceptors (Lipinski definition) is 2. The number of phenols is 1. The third-order valence-corrected chi connectivity index (χ3v) is 2.57. The second kappa shape index (κ2) is 4.79. The summed E-state index contributed by atoms with van der Waals surface area (Å²) >= 11 is 0. The predicted molar refractivity (Wildman–Crippen MR) is 62.0 cm³/mol. The number of alkyl halides is 3. The Hall–Kier alpha value is -2.24. The van der Waals surface area contributed by atoms with E-state index in [9.17, 15) is 18.0 Å². The third-order valence-electron chi connectivity index (χ3n) is 2.57. The smallest absolute Gasteiger partial charge is 0.454 e. The molecule has 1 aromatic heterocycles. The van der Waals surface area contributed by atoms with Gasteiger partial charge in [-0.05, 0) is 23.8 Å². The number of benzene rings is 1. The molecule has 2 aromatic rings. The fourth-order valence-corrected chi connectivity index (χ4v) is 1.65. The number of hydrogen-bond donors (Lipinski definition) is 1. The first-order chi connectivity index (χ1) is 8.86. The zero-order valence-corrected chi connectivity index (χ0v) is 9.69. The highest BCUT2D eigenvalue weighted by Crippen LogP contribution is 2.22.